The van der Waals surface area contributed by atoms with Gasteiger partial charge in [-0.3, -0.25) is 24.6 Å². The van der Waals surface area contributed by atoms with Crippen LogP contribution in [0.1, 0.15) is 18.1 Å². The second-order valence-corrected chi connectivity index (χ2v) is 10.2. The van der Waals surface area contributed by atoms with E-state index in [4.69, 9.17) is 18.9 Å². The van der Waals surface area contributed by atoms with Gasteiger partial charge < -0.3 is 18.9 Å². The molecule has 1 heterocycles. The van der Waals surface area contributed by atoms with Crippen LogP contribution in [0, 0.1) is 10.1 Å². The molecule has 10 nitrogen and oxygen atoms in total. The van der Waals surface area contributed by atoms with E-state index in [-0.39, 0.29) is 35.6 Å². The normalized spacial score (nSPS) is 14.0. The van der Waals surface area contributed by atoms with E-state index in [2.05, 4.69) is 15.9 Å². The van der Waals surface area contributed by atoms with Crippen LogP contribution in [0.2, 0.25) is 0 Å². The maximum absolute atomic E-state index is 13.0. The molecule has 40 heavy (non-hydrogen) atoms. The van der Waals surface area contributed by atoms with Gasteiger partial charge in [-0.25, -0.2) is 0 Å². The van der Waals surface area contributed by atoms with E-state index in [0.29, 0.717) is 39.6 Å². The molecule has 3 aromatic carbocycles. The van der Waals surface area contributed by atoms with Crippen molar-refractivity contribution in [1.29, 1.82) is 0 Å². The molecule has 12 heteroatoms. The molecular formula is C28H25BrN2O8S. The first-order chi connectivity index (χ1) is 19.3. The number of ether oxygens (including phenoxy) is 4. The SMILES string of the molecule is CCOc1cc(/C=C2\SC(=O)N(CCOc3ccccc3OC)C2=O)cc(Br)c1OCc1ccc([N+](=O)[O-])cc1. The van der Waals surface area contributed by atoms with E-state index in [1.807, 2.05) is 13.0 Å². The van der Waals surface area contributed by atoms with Crippen LogP contribution in [0.5, 0.6) is 23.0 Å². The van der Waals surface area contributed by atoms with Gasteiger partial charge >= 0.3 is 0 Å². The molecule has 1 saturated heterocycles. The minimum Gasteiger partial charge on any atom is -0.493 e. The number of nitrogens with zero attached hydrogens (tertiary/aromatic N) is 2. The van der Waals surface area contributed by atoms with Crippen molar-refractivity contribution in [3.8, 4) is 23.0 Å². The summed E-state index contributed by atoms with van der Waals surface area (Å²) < 4.78 is 23.3. The molecule has 1 fully saturated rings. The highest BCUT2D eigenvalue weighted by Gasteiger charge is 2.35. The number of carbonyl (C=O) groups excluding carboxylic acids is 2. The van der Waals surface area contributed by atoms with Crippen LogP contribution in [0.15, 0.2) is 70.0 Å². The highest BCUT2D eigenvalue weighted by Crippen LogP contribution is 2.40. The molecule has 0 aromatic heterocycles. The summed E-state index contributed by atoms with van der Waals surface area (Å²) in [7, 11) is 1.54. The number of hydrogen-bond donors (Lipinski definition) is 0. The number of benzene rings is 3. The molecule has 0 atom stereocenters. The predicted molar refractivity (Wildman–Crippen MR) is 154 cm³/mol. The number of hydrogen-bond acceptors (Lipinski definition) is 9. The van der Waals surface area contributed by atoms with Gasteiger partial charge in [-0.15, -0.1) is 0 Å². The van der Waals surface area contributed by atoms with Crippen LogP contribution >= 0.6 is 27.7 Å². The summed E-state index contributed by atoms with van der Waals surface area (Å²) in [5, 5.41) is 10.5. The first kappa shape index (κ1) is 29.0. The Morgan fingerprint density at radius 3 is 2.40 bits per heavy atom. The number of nitro groups is 1. The Labute approximate surface area is 243 Å². The first-order valence-electron chi connectivity index (χ1n) is 12.1. The zero-order chi connectivity index (χ0) is 28.6. The van der Waals surface area contributed by atoms with Crippen molar-refractivity contribution in [3.63, 3.8) is 0 Å². The van der Waals surface area contributed by atoms with Crippen LogP contribution in [0.4, 0.5) is 10.5 Å². The van der Waals surface area contributed by atoms with Crippen molar-refractivity contribution < 1.29 is 33.5 Å². The molecule has 0 unspecified atom stereocenters. The third-order valence-corrected chi connectivity index (χ3v) is 7.17. The average Bonchev–Trinajstić information content (AvgIpc) is 3.20. The Kier molecular flexibility index (Phi) is 9.67. The number of para-hydroxylation sites is 2. The van der Waals surface area contributed by atoms with Crippen molar-refractivity contribution in [2.45, 2.75) is 13.5 Å². The quantitative estimate of drug-likeness (QED) is 0.126. The third-order valence-electron chi connectivity index (χ3n) is 5.67. The summed E-state index contributed by atoms with van der Waals surface area (Å²) in [6.07, 6.45) is 1.62. The molecule has 0 bridgehead atoms. The Morgan fingerprint density at radius 1 is 1.00 bits per heavy atom. The van der Waals surface area contributed by atoms with E-state index in [0.717, 1.165) is 22.2 Å². The topological polar surface area (TPSA) is 117 Å². The van der Waals surface area contributed by atoms with Crippen molar-refractivity contribution in [2.75, 3.05) is 26.9 Å². The smallest absolute Gasteiger partial charge is 0.293 e. The monoisotopic (exact) mass is 628 g/mol. The van der Waals surface area contributed by atoms with E-state index in [9.17, 15) is 19.7 Å². The Bertz CT molecular complexity index is 1440. The number of carbonyl (C=O) groups is 2. The molecule has 0 spiro atoms. The lowest BCUT2D eigenvalue weighted by Gasteiger charge is -2.15. The number of methoxy groups -OCH3 is 1. The molecule has 0 radical (unpaired) electrons. The summed E-state index contributed by atoms with van der Waals surface area (Å²) in [6.45, 7) is 2.56. The number of amides is 2. The standard InChI is InChI=1S/C28H25BrN2O8S/c1-3-37-24-15-19(14-21(29)26(24)39-17-18-8-10-20(11-9-18)31(34)35)16-25-27(32)30(28(33)40-25)12-13-38-23-7-5-4-6-22(23)36-2/h4-11,14-16H,3,12-13,17H2,1-2H3/b25-16-. The molecule has 3 aromatic rings. The zero-order valence-corrected chi connectivity index (χ0v) is 24.0. The summed E-state index contributed by atoms with van der Waals surface area (Å²) in [5.74, 6) is 1.56. The van der Waals surface area contributed by atoms with E-state index in [1.54, 1.807) is 48.5 Å². The Hall–Kier alpha value is -4.03. The van der Waals surface area contributed by atoms with Crippen LogP contribution in [0.25, 0.3) is 6.08 Å². The van der Waals surface area contributed by atoms with Crippen LogP contribution < -0.4 is 18.9 Å². The number of imide groups is 1. The fourth-order valence-electron chi connectivity index (χ4n) is 3.77. The van der Waals surface area contributed by atoms with Crippen molar-refractivity contribution in [2.24, 2.45) is 0 Å². The third kappa shape index (κ3) is 6.93. The molecule has 0 aliphatic carbocycles. The van der Waals surface area contributed by atoms with Gasteiger partial charge in [-0.2, -0.15) is 0 Å². The van der Waals surface area contributed by atoms with Gasteiger partial charge in [0.2, 0.25) is 0 Å². The Balaban J connectivity index is 1.45. The van der Waals surface area contributed by atoms with E-state index >= 15 is 0 Å². The second kappa shape index (κ2) is 13.4. The number of rotatable bonds is 12. The van der Waals surface area contributed by atoms with Gasteiger partial charge in [0.25, 0.3) is 16.8 Å². The van der Waals surface area contributed by atoms with Gasteiger partial charge in [0, 0.05) is 12.1 Å². The summed E-state index contributed by atoms with van der Waals surface area (Å²) in [4.78, 5) is 37.4. The van der Waals surface area contributed by atoms with Crippen LogP contribution in [0.3, 0.4) is 0 Å². The lowest BCUT2D eigenvalue weighted by molar-refractivity contribution is -0.384. The number of nitro benzene ring substituents is 1. The number of halogens is 1. The largest absolute Gasteiger partial charge is 0.493 e. The minimum atomic E-state index is -0.461. The van der Waals surface area contributed by atoms with Gasteiger partial charge in [-0.1, -0.05) is 12.1 Å². The van der Waals surface area contributed by atoms with Gasteiger partial charge in [-0.05, 0) is 88.2 Å². The van der Waals surface area contributed by atoms with Crippen molar-refractivity contribution in [3.05, 3.63) is 91.3 Å². The minimum absolute atomic E-state index is 0.00217. The summed E-state index contributed by atoms with van der Waals surface area (Å²) >= 11 is 4.36. The number of non-ortho nitro benzene ring substituents is 1. The van der Waals surface area contributed by atoms with E-state index in [1.165, 1.54) is 19.2 Å². The first-order valence-corrected chi connectivity index (χ1v) is 13.7. The fraction of sp³-hybridized carbons (Fsp3) is 0.214. The lowest BCUT2D eigenvalue weighted by Crippen LogP contribution is -2.32. The predicted octanol–water partition coefficient (Wildman–Crippen LogP) is 6.46. The van der Waals surface area contributed by atoms with Crippen LogP contribution in [-0.4, -0.2) is 47.8 Å². The van der Waals surface area contributed by atoms with Gasteiger partial charge in [0.1, 0.15) is 13.2 Å². The summed E-state index contributed by atoms with van der Waals surface area (Å²) in [5.41, 5.74) is 1.37. The molecule has 0 N–H and O–H groups in total. The van der Waals surface area contributed by atoms with E-state index < -0.39 is 10.8 Å². The molecule has 0 saturated carbocycles. The highest BCUT2D eigenvalue weighted by molar-refractivity contribution is 9.10. The van der Waals surface area contributed by atoms with Crippen molar-refractivity contribution >= 4 is 50.6 Å². The second-order valence-electron chi connectivity index (χ2n) is 8.31. The zero-order valence-electron chi connectivity index (χ0n) is 21.6. The molecular weight excluding hydrogens is 604 g/mol. The fourth-order valence-corrected chi connectivity index (χ4v) is 5.21. The van der Waals surface area contributed by atoms with Gasteiger partial charge in [0.15, 0.2) is 23.0 Å². The van der Waals surface area contributed by atoms with Gasteiger partial charge in [0.05, 0.1) is 34.6 Å². The maximum Gasteiger partial charge on any atom is 0.293 e. The molecule has 1 aliphatic rings. The Morgan fingerprint density at radius 2 is 1.73 bits per heavy atom. The lowest BCUT2D eigenvalue weighted by atomic mass is 10.1. The molecule has 1 aliphatic heterocycles. The highest BCUT2D eigenvalue weighted by atomic mass is 79.9. The number of thioether (sulfide) groups is 1. The molecule has 2 amide bonds. The molecule has 4 rings (SSSR count). The average molecular weight is 629 g/mol. The van der Waals surface area contributed by atoms with Crippen LogP contribution in [-0.2, 0) is 11.4 Å². The summed E-state index contributed by atoms with van der Waals surface area (Å²) in [6, 6.07) is 16.7. The molecule has 208 valence electrons. The maximum atomic E-state index is 13.0. The van der Waals surface area contributed by atoms with Crippen molar-refractivity contribution in [1.82, 2.24) is 4.90 Å².